The number of pyridine rings is 1. The Kier molecular flexibility index (Phi) is 3.83. The molecule has 0 saturated heterocycles. The van der Waals surface area contributed by atoms with E-state index in [9.17, 15) is 0 Å². The molecule has 104 valence electrons. The van der Waals surface area contributed by atoms with Crippen molar-refractivity contribution in [1.82, 2.24) is 4.98 Å². The third-order valence-electron chi connectivity index (χ3n) is 3.30. The zero-order valence-corrected chi connectivity index (χ0v) is 11.9. The molecule has 3 nitrogen and oxygen atoms in total. The molecule has 0 aliphatic rings. The molecule has 2 aromatic carbocycles. The quantitative estimate of drug-likeness (QED) is 0.734. The molecular formula is C18H17N3. The van der Waals surface area contributed by atoms with Crippen LogP contribution in [0.3, 0.4) is 0 Å². The summed E-state index contributed by atoms with van der Waals surface area (Å²) in [5.41, 5.74) is 4.52. The van der Waals surface area contributed by atoms with Crippen molar-refractivity contribution in [2.45, 2.75) is 0 Å². The molecule has 0 unspecified atom stereocenters. The van der Waals surface area contributed by atoms with Gasteiger partial charge < -0.3 is 10.6 Å². The monoisotopic (exact) mass is 275 g/mol. The second-order valence-electron chi connectivity index (χ2n) is 4.75. The number of nitrogens with one attached hydrogen (secondary N) is 2. The van der Waals surface area contributed by atoms with Crippen LogP contribution >= 0.6 is 0 Å². The maximum absolute atomic E-state index is 4.20. The van der Waals surface area contributed by atoms with E-state index in [4.69, 9.17) is 0 Å². The van der Waals surface area contributed by atoms with E-state index in [-0.39, 0.29) is 0 Å². The van der Waals surface area contributed by atoms with Crippen LogP contribution < -0.4 is 10.6 Å². The molecule has 0 amide bonds. The van der Waals surface area contributed by atoms with Gasteiger partial charge in [-0.25, -0.2) is 4.98 Å². The first-order valence-electron chi connectivity index (χ1n) is 6.91. The van der Waals surface area contributed by atoms with Gasteiger partial charge in [-0.15, -0.1) is 0 Å². The summed E-state index contributed by atoms with van der Waals surface area (Å²) in [5, 5.41) is 6.41. The molecule has 0 saturated carbocycles. The minimum atomic E-state index is 0.848. The van der Waals surface area contributed by atoms with Gasteiger partial charge in [-0.2, -0.15) is 0 Å². The molecule has 0 aliphatic carbocycles. The van der Waals surface area contributed by atoms with Gasteiger partial charge in [-0.05, 0) is 29.3 Å². The highest BCUT2D eigenvalue weighted by Crippen LogP contribution is 2.23. The van der Waals surface area contributed by atoms with Crippen molar-refractivity contribution in [2.75, 3.05) is 17.7 Å². The molecule has 3 aromatic rings. The van der Waals surface area contributed by atoms with Crippen LogP contribution in [0.15, 0.2) is 72.9 Å². The van der Waals surface area contributed by atoms with Crippen LogP contribution in [-0.2, 0) is 0 Å². The third kappa shape index (κ3) is 3.20. The smallest absolute Gasteiger partial charge is 0.127 e. The van der Waals surface area contributed by atoms with E-state index in [1.165, 1.54) is 11.1 Å². The second-order valence-corrected chi connectivity index (χ2v) is 4.75. The summed E-state index contributed by atoms with van der Waals surface area (Å²) >= 11 is 0. The third-order valence-corrected chi connectivity index (χ3v) is 3.30. The standard InChI is InChI=1S/C18H17N3/c1-19-18-13-17(11-12-20-18)21-16-9-7-15(8-10-16)14-5-3-2-4-6-14/h2-13H,1H3,(H2,19,20,21). The van der Waals surface area contributed by atoms with Crippen LogP contribution in [0.2, 0.25) is 0 Å². The Balaban J connectivity index is 1.78. The average molecular weight is 275 g/mol. The molecule has 3 heteroatoms. The van der Waals surface area contributed by atoms with Crippen LogP contribution in [0, 0.1) is 0 Å². The minimum Gasteiger partial charge on any atom is -0.373 e. The lowest BCUT2D eigenvalue weighted by Crippen LogP contribution is -1.95. The Labute approximate surface area is 124 Å². The van der Waals surface area contributed by atoms with Crippen molar-refractivity contribution in [1.29, 1.82) is 0 Å². The number of hydrogen-bond donors (Lipinski definition) is 2. The van der Waals surface area contributed by atoms with E-state index in [0.29, 0.717) is 0 Å². The van der Waals surface area contributed by atoms with Crippen LogP contribution in [0.25, 0.3) is 11.1 Å². The lowest BCUT2D eigenvalue weighted by molar-refractivity contribution is 1.28. The molecule has 21 heavy (non-hydrogen) atoms. The molecule has 3 rings (SSSR count). The molecule has 1 heterocycles. The normalized spacial score (nSPS) is 10.1. The van der Waals surface area contributed by atoms with Crippen molar-refractivity contribution in [3.63, 3.8) is 0 Å². The summed E-state index contributed by atoms with van der Waals surface area (Å²) < 4.78 is 0. The molecule has 2 N–H and O–H groups in total. The van der Waals surface area contributed by atoms with Gasteiger partial charge in [0.1, 0.15) is 5.82 Å². The fourth-order valence-electron chi connectivity index (χ4n) is 2.19. The summed E-state index contributed by atoms with van der Waals surface area (Å²) in [6.45, 7) is 0. The van der Waals surface area contributed by atoms with Gasteiger partial charge >= 0.3 is 0 Å². The fourth-order valence-corrected chi connectivity index (χ4v) is 2.19. The molecule has 0 aliphatic heterocycles. The van der Waals surface area contributed by atoms with Gasteiger partial charge in [0, 0.05) is 30.7 Å². The van der Waals surface area contributed by atoms with E-state index in [0.717, 1.165) is 17.2 Å². The van der Waals surface area contributed by atoms with Gasteiger partial charge in [0.25, 0.3) is 0 Å². The van der Waals surface area contributed by atoms with E-state index in [1.807, 2.05) is 25.2 Å². The van der Waals surface area contributed by atoms with E-state index in [1.54, 1.807) is 6.20 Å². The Morgan fingerprint density at radius 3 is 2.19 bits per heavy atom. The minimum absolute atomic E-state index is 0.848. The summed E-state index contributed by atoms with van der Waals surface area (Å²) in [4.78, 5) is 4.20. The fraction of sp³-hybridized carbons (Fsp3) is 0.0556. The Bertz CT molecular complexity index is 706. The maximum Gasteiger partial charge on any atom is 0.127 e. The summed E-state index contributed by atoms with van der Waals surface area (Å²) in [6.07, 6.45) is 1.78. The van der Waals surface area contributed by atoms with Gasteiger partial charge in [0.2, 0.25) is 0 Å². The summed E-state index contributed by atoms with van der Waals surface area (Å²) in [5.74, 6) is 0.848. The highest BCUT2D eigenvalue weighted by molar-refractivity contribution is 5.68. The average Bonchev–Trinajstić information content (AvgIpc) is 2.56. The number of benzene rings is 2. The number of anilines is 3. The molecule has 0 bridgehead atoms. The van der Waals surface area contributed by atoms with Crippen LogP contribution in [0.5, 0.6) is 0 Å². The molecule has 0 radical (unpaired) electrons. The first-order valence-corrected chi connectivity index (χ1v) is 6.91. The Hall–Kier alpha value is -2.81. The SMILES string of the molecule is CNc1cc(Nc2ccc(-c3ccccc3)cc2)ccn1. The highest BCUT2D eigenvalue weighted by atomic mass is 15.0. The lowest BCUT2D eigenvalue weighted by Gasteiger charge is -2.09. The van der Waals surface area contributed by atoms with Gasteiger partial charge in [-0.3, -0.25) is 0 Å². The summed E-state index contributed by atoms with van der Waals surface area (Å²) in [7, 11) is 1.86. The zero-order chi connectivity index (χ0) is 14.5. The first-order chi connectivity index (χ1) is 10.3. The molecule has 0 fully saturated rings. The summed E-state index contributed by atoms with van der Waals surface area (Å²) in [6, 6.07) is 22.7. The molecule has 1 aromatic heterocycles. The maximum atomic E-state index is 4.20. The van der Waals surface area contributed by atoms with Gasteiger partial charge in [0.05, 0.1) is 0 Å². The van der Waals surface area contributed by atoms with E-state index in [2.05, 4.69) is 64.1 Å². The number of rotatable bonds is 4. The molecule has 0 spiro atoms. The predicted molar refractivity (Wildman–Crippen MR) is 88.9 cm³/mol. The van der Waals surface area contributed by atoms with Crippen molar-refractivity contribution in [3.8, 4) is 11.1 Å². The zero-order valence-electron chi connectivity index (χ0n) is 11.9. The predicted octanol–water partition coefficient (Wildman–Crippen LogP) is 4.53. The van der Waals surface area contributed by atoms with E-state index >= 15 is 0 Å². The molecular weight excluding hydrogens is 258 g/mol. The Morgan fingerprint density at radius 2 is 1.48 bits per heavy atom. The van der Waals surface area contributed by atoms with Crippen molar-refractivity contribution < 1.29 is 0 Å². The second kappa shape index (κ2) is 6.09. The Morgan fingerprint density at radius 1 is 0.762 bits per heavy atom. The number of hydrogen-bond acceptors (Lipinski definition) is 3. The molecule has 0 atom stereocenters. The van der Waals surface area contributed by atoms with Crippen LogP contribution in [-0.4, -0.2) is 12.0 Å². The van der Waals surface area contributed by atoms with Gasteiger partial charge in [-0.1, -0.05) is 42.5 Å². The van der Waals surface area contributed by atoms with E-state index < -0.39 is 0 Å². The topological polar surface area (TPSA) is 37.0 Å². The van der Waals surface area contributed by atoms with Gasteiger partial charge in [0.15, 0.2) is 0 Å². The van der Waals surface area contributed by atoms with Crippen LogP contribution in [0.1, 0.15) is 0 Å². The first kappa shape index (κ1) is 13.2. The van der Waals surface area contributed by atoms with Crippen molar-refractivity contribution in [2.24, 2.45) is 0 Å². The number of aromatic nitrogens is 1. The lowest BCUT2D eigenvalue weighted by atomic mass is 10.1. The van der Waals surface area contributed by atoms with Crippen molar-refractivity contribution in [3.05, 3.63) is 72.9 Å². The van der Waals surface area contributed by atoms with Crippen molar-refractivity contribution >= 4 is 17.2 Å². The largest absolute Gasteiger partial charge is 0.373 e. The number of nitrogens with zero attached hydrogens (tertiary/aromatic N) is 1. The highest BCUT2D eigenvalue weighted by Gasteiger charge is 1.99. The van der Waals surface area contributed by atoms with Crippen LogP contribution in [0.4, 0.5) is 17.2 Å².